The van der Waals surface area contributed by atoms with Gasteiger partial charge < -0.3 is 10.1 Å². The minimum atomic E-state index is -2.88. The fraction of sp³-hybridized carbons (Fsp3) is 0.150. The van der Waals surface area contributed by atoms with E-state index in [1.54, 1.807) is 0 Å². The molecule has 3 aromatic rings. The van der Waals surface area contributed by atoms with Crippen molar-refractivity contribution >= 4 is 16.7 Å². The molecule has 1 atom stereocenters. The summed E-state index contributed by atoms with van der Waals surface area (Å²) >= 11 is 0. The number of halogens is 2. The van der Waals surface area contributed by atoms with E-state index in [4.69, 9.17) is 0 Å². The van der Waals surface area contributed by atoms with Gasteiger partial charge in [0.05, 0.1) is 6.04 Å². The van der Waals surface area contributed by atoms with Crippen LogP contribution in [0, 0.1) is 0 Å². The van der Waals surface area contributed by atoms with Crippen LogP contribution in [0.1, 0.15) is 28.9 Å². The Balaban J connectivity index is 1.76. The zero-order valence-corrected chi connectivity index (χ0v) is 13.6. The maximum atomic E-state index is 12.4. The first kappa shape index (κ1) is 16.9. The topological polar surface area (TPSA) is 38.3 Å². The molecule has 3 nitrogen and oxygen atoms in total. The molecular weight excluding hydrogens is 324 g/mol. The van der Waals surface area contributed by atoms with E-state index in [2.05, 4.69) is 10.1 Å². The second-order valence-electron chi connectivity index (χ2n) is 5.67. The first-order valence-corrected chi connectivity index (χ1v) is 7.88. The van der Waals surface area contributed by atoms with Crippen LogP contribution in [-0.2, 0) is 0 Å². The van der Waals surface area contributed by atoms with E-state index in [1.807, 2.05) is 49.4 Å². The minimum absolute atomic E-state index is 0.0219. The number of carbonyl (C=O) groups is 1. The van der Waals surface area contributed by atoms with Gasteiger partial charge in [0.15, 0.2) is 0 Å². The maximum absolute atomic E-state index is 12.4. The van der Waals surface area contributed by atoms with E-state index in [-0.39, 0.29) is 17.7 Å². The van der Waals surface area contributed by atoms with Crippen LogP contribution < -0.4 is 10.1 Å². The molecule has 3 rings (SSSR count). The number of amides is 1. The fourth-order valence-corrected chi connectivity index (χ4v) is 2.77. The Labute approximate surface area is 144 Å². The third-order valence-corrected chi connectivity index (χ3v) is 3.98. The lowest BCUT2D eigenvalue weighted by atomic mass is 9.99. The Morgan fingerprint density at radius 3 is 2.36 bits per heavy atom. The Bertz CT molecular complexity index is 873. The predicted molar refractivity (Wildman–Crippen MR) is 92.9 cm³/mol. The zero-order chi connectivity index (χ0) is 17.8. The molecule has 0 aliphatic rings. The van der Waals surface area contributed by atoms with Gasteiger partial charge in [0.2, 0.25) is 0 Å². The number of hydrogen-bond donors (Lipinski definition) is 1. The molecule has 1 N–H and O–H groups in total. The summed E-state index contributed by atoms with van der Waals surface area (Å²) < 4.78 is 28.6. The summed E-state index contributed by atoms with van der Waals surface area (Å²) in [7, 11) is 0. The number of hydrogen-bond acceptors (Lipinski definition) is 2. The highest BCUT2D eigenvalue weighted by Crippen LogP contribution is 2.24. The third kappa shape index (κ3) is 3.94. The Morgan fingerprint density at radius 1 is 0.960 bits per heavy atom. The van der Waals surface area contributed by atoms with Crippen LogP contribution in [0.3, 0.4) is 0 Å². The van der Waals surface area contributed by atoms with E-state index in [1.165, 1.54) is 24.3 Å². The van der Waals surface area contributed by atoms with Crippen molar-refractivity contribution in [2.75, 3.05) is 0 Å². The molecule has 0 bridgehead atoms. The minimum Gasteiger partial charge on any atom is -0.435 e. The highest BCUT2D eigenvalue weighted by molar-refractivity contribution is 5.95. The molecule has 3 aromatic carbocycles. The first-order valence-electron chi connectivity index (χ1n) is 7.88. The van der Waals surface area contributed by atoms with Crippen molar-refractivity contribution < 1.29 is 18.3 Å². The summed E-state index contributed by atoms with van der Waals surface area (Å²) in [5.41, 5.74) is 1.40. The Hall–Kier alpha value is -2.95. The number of carbonyl (C=O) groups excluding carboxylic acids is 1. The summed E-state index contributed by atoms with van der Waals surface area (Å²) in [4.78, 5) is 12.4. The van der Waals surface area contributed by atoms with Gasteiger partial charge in [-0.25, -0.2) is 0 Å². The monoisotopic (exact) mass is 341 g/mol. The van der Waals surface area contributed by atoms with Crippen molar-refractivity contribution in [3.8, 4) is 5.75 Å². The van der Waals surface area contributed by atoms with Gasteiger partial charge in [-0.2, -0.15) is 8.78 Å². The number of rotatable bonds is 5. The van der Waals surface area contributed by atoms with Gasteiger partial charge >= 0.3 is 6.61 Å². The van der Waals surface area contributed by atoms with E-state index >= 15 is 0 Å². The van der Waals surface area contributed by atoms with Crippen LogP contribution in [0.5, 0.6) is 5.75 Å². The van der Waals surface area contributed by atoms with Gasteiger partial charge in [0.1, 0.15) is 5.75 Å². The normalized spacial score (nSPS) is 12.2. The zero-order valence-electron chi connectivity index (χ0n) is 13.6. The molecule has 128 valence electrons. The standard InChI is InChI=1S/C20H17F2NO2/c1-13(17-8-4-6-14-5-2-3-7-18(14)17)23-19(24)15-9-11-16(12-10-15)25-20(21)22/h2-13,20H,1H3,(H,23,24). The summed E-state index contributed by atoms with van der Waals surface area (Å²) in [5, 5.41) is 5.12. The van der Waals surface area contributed by atoms with Gasteiger partial charge in [-0.3, -0.25) is 4.79 Å². The molecule has 1 amide bonds. The SMILES string of the molecule is CC(NC(=O)c1ccc(OC(F)F)cc1)c1cccc2ccccc12. The average Bonchev–Trinajstić information content (AvgIpc) is 2.61. The number of benzene rings is 3. The number of ether oxygens (including phenoxy) is 1. The Morgan fingerprint density at radius 2 is 1.64 bits per heavy atom. The van der Waals surface area contributed by atoms with Crippen LogP contribution in [0.2, 0.25) is 0 Å². The molecule has 0 fully saturated rings. The summed E-state index contributed by atoms with van der Waals surface area (Å²) in [6.07, 6.45) is 0. The van der Waals surface area contributed by atoms with Crippen molar-refractivity contribution in [1.29, 1.82) is 0 Å². The van der Waals surface area contributed by atoms with Gasteiger partial charge in [-0.15, -0.1) is 0 Å². The molecule has 0 aliphatic carbocycles. The predicted octanol–water partition coefficient (Wildman–Crippen LogP) is 4.93. The first-order chi connectivity index (χ1) is 12.0. The Kier molecular flexibility index (Phi) is 4.93. The van der Waals surface area contributed by atoms with Gasteiger partial charge in [-0.1, -0.05) is 42.5 Å². The lowest BCUT2D eigenvalue weighted by Crippen LogP contribution is -2.26. The lowest BCUT2D eigenvalue weighted by Gasteiger charge is -2.17. The summed E-state index contributed by atoms with van der Waals surface area (Å²) in [6.45, 7) is -0.973. The van der Waals surface area contributed by atoms with Gasteiger partial charge in [0, 0.05) is 5.56 Å². The largest absolute Gasteiger partial charge is 0.435 e. The quantitative estimate of drug-likeness (QED) is 0.714. The van der Waals surface area contributed by atoms with E-state index in [9.17, 15) is 13.6 Å². The molecule has 25 heavy (non-hydrogen) atoms. The maximum Gasteiger partial charge on any atom is 0.387 e. The molecule has 0 radical (unpaired) electrons. The van der Waals surface area contributed by atoms with Gasteiger partial charge in [-0.05, 0) is 47.5 Å². The summed E-state index contributed by atoms with van der Waals surface area (Å²) in [5.74, 6) is -0.252. The second-order valence-corrected chi connectivity index (χ2v) is 5.67. The lowest BCUT2D eigenvalue weighted by molar-refractivity contribution is -0.0498. The van der Waals surface area contributed by atoms with Crippen molar-refractivity contribution in [2.24, 2.45) is 0 Å². The molecule has 0 spiro atoms. The molecule has 0 aromatic heterocycles. The van der Waals surface area contributed by atoms with Crippen molar-refractivity contribution in [1.82, 2.24) is 5.32 Å². The molecular formula is C20H17F2NO2. The van der Waals surface area contributed by atoms with Crippen molar-refractivity contribution in [3.05, 3.63) is 77.9 Å². The van der Waals surface area contributed by atoms with E-state index < -0.39 is 6.61 Å². The molecule has 0 aliphatic heterocycles. The molecule has 5 heteroatoms. The average molecular weight is 341 g/mol. The molecule has 0 saturated carbocycles. The number of alkyl halides is 2. The number of fused-ring (bicyclic) bond motifs is 1. The van der Waals surface area contributed by atoms with E-state index in [0.717, 1.165) is 16.3 Å². The third-order valence-electron chi connectivity index (χ3n) is 3.98. The van der Waals surface area contributed by atoms with E-state index in [0.29, 0.717) is 5.56 Å². The van der Waals surface area contributed by atoms with Crippen molar-refractivity contribution in [3.63, 3.8) is 0 Å². The number of nitrogens with one attached hydrogen (secondary N) is 1. The van der Waals surface area contributed by atoms with Crippen LogP contribution in [0.15, 0.2) is 66.7 Å². The summed E-state index contributed by atoms with van der Waals surface area (Å²) in [6, 6.07) is 19.4. The van der Waals surface area contributed by atoms with Crippen LogP contribution in [0.4, 0.5) is 8.78 Å². The van der Waals surface area contributed by atoms with Gasteiger partial charge in [0.25, 0.3) is 5.91 Å². The van der Waals surface area contributed by atoms with Crippen LogP contribution in [0.25, 0.3) is 10.8 Å². The van der Waals surface area contributed by atoms with Crippen molar-refractivity contribution in [2.45, 2.75) is 19.6 Å². The highest BCUT2D eigenvalue weighted by atomic mass is 19.3. The second kappa shape index (κ2) is 7.30. The smallest absolute Gasteiger partial charge is 0.387 e. The molecule has 0 saturated heterocycles. The van der Waals surface area contributed by atoms with Crippen LogP contribution in [-0.4, -0.2) is 12.5 Å². The fourth-order valence-electron chi connectivity index (χ4n) is 2.77. The molecule has 1 unspecified atom stereocenters. The highest BCUT2D eigenvalue weighted by Gasteiger charge is 2.14. The molecule has 0 heterocycles. The van der Waals surface area contributed by atoms with Crippen LogP contribution >= 0.6 is 0 Å².